The van der Waals surface area contributed by atoms with Crippen molar-refractivity contribution < 1.29 is 63.6 Å². The van der Waals surface area contributed by atoms with E-state index in [2.05, 4.69) is 52.8 Å². The number of nitrogens with two attached hydrogens (primary N) is 3. The third-order valence-electron chi connectivity index (χ3n) is 11.8. The minimum atomic E-state index is -1.79. The summed E-state index contributed by atoms with van der Waals surface area (Å²) in [7, 11) is 0. The van der Waals surface area contributed by atoms with Crippen LogP contribution in [-0.4, -0.2) is 166 Å². The first-order valence-electron chi connectivity index (χ1n) is 23.9. The van der Waals surface area contributed by atoms with Crippen molar-refractivity contribution in [2.24, 2.45) is 39.9 Å². The number of nitrogens with one attached hydrogen (secondary N) is 9. The normalized spacial score (nSPS) is 26.7. The van der Waals surface area contributed by atoms with Crippen LogP contribution in [0, 0.1) is 17.8 Å². The van der Waals surface area contributed by atoms with Gasteiger partial charge in [0.25, 0.3) is 0 Å². The molecule has 1 aliphatic heterocycles. The number of nitrogens with zero attached hydrogens (tertiary/aromatic N) is 1. The fourth-order valence-corrected chi connectivity index (χ4v) is 7.36. The predicted molar refractivity (Wildman–Crippen MR) is 269 cm³/mol. The average Bonchev–Trinajstić information content (AvgIpc) is 3.32. The lowest BCUT2D eigenvalue weighted by Crippen LogP contribution is -2.63. The summed E-state index contributed by atoms with van der Waals surface area (Å²) in [6, 6.07) is -6.66. The van der Waals surface area contributed by atoms with Crippen LogP contribution in [0.3, 0.4) is 0 Å². The van der Waals surface area contributed by atoms with Crippen LogP contribution in [0.25, 0.3) is 0 Å². The highest BCUT2D eigenvalue weighted by Gasteiger charge is 2.40. The monoisotopic (exact) mass is 1040 g/mol. The highest BCUT2D eigenvalue weighted by molar-refractivity contribution is 5.98. The molecule has 1 aromatic rings. The lowest BCUT2D eigenvalue weighted by molar-refractivity contribution is -0.138. The molecule has 0 aromatic heterocycles. The van der Waals surface area contributed by atoms with Gasteiger partial charge in [0, 0.05) is 6.54 Å². The molecule has 0 saturated carbocycles. The molecule has 1 unspecified atom stereocenters. The molecule has 1 heterocycles. The van der Waals surface area contributed by atoms with E-state index in [0.717, 1.165) is 6.92 Å². The molecule has 0 aliphatic carbocycles. The van der Waals surface area contributed by atoms with E-state index in [9.17, 15) is 63.6 Å². The smallest absolute Gasteiger partial charge is 0.245 e. The molecule has 0 spiro atoms. The topological polar surface area (TPSA) is 433 Å². The second kappa shape index (κ2) is 31.2. The van der Waals surface area contributed by atoms with Crippen molar-refractivity contribution in [3.05, 3.63) is 35.9 Å². The maximum Gasteiger partial charge on any atom is 0.245 e. The van der Waals surface area contributed by atoms with E-state index in [-0.39, 0.29) is 50.7 Å². The summed E-state index contributed by atoms with van der Waals surface area (Å²) in [6.07, 6.45) is -4.51. The fraction of sp³-hybridized carbons (Fsp3) is 0.660. The van der Waals surface area contributed by atoms with Gasteiger partial charge in [-0.05, 0) is 56.4 Å². The highest BCUT2D eigenvalue weighted by Crippen LogP contribution is 2.19. The number of aliphatic hydroxyl groups excluding tert-OH is 4. The van der Waals surface area contributed by atoms with Crippen LogP contribution in [0.5, 0.6) is 0 Å². The zero-order chi connectivity index (χ0) is 54.6. The Morgan fingerprint density at radius 3 is 1.66 bits per heavy atom. The van der Waals surface area contributed by atoms with Crippen molar-refractivity contribution in [3.63, 3.8) is 0 Å². The molecule has 19 N–H and O–H groups in total. The van der Waals surface area contributed by atoms with Crippen molar-refractivity contribution in [1.82, 2.24) is 47.9 Å². The molecule has 0 bridgehead atoms. The van der Waals surface area contributed by atoms with Gasteiger partial charge in [0.05, 0.1) is 37.5 Å². The van der Waals surface area contributed by atoms with Crippen LogP contribution in [-0.2, 0) is 43.2 Å². The fourth-order valence-electron chi connectivity index (χ4n) is 7.36. The number of hydrogen-bond acceptors (Lipinski definition) is 15. The molecule has 1 aromatic carbocycles. The molecular weight excluding hydrogens is 955 g/mol. The Morgan fingerprint density at radius 2 is 1.12 bits per heavy atom. The Balaban J connectivity index is 0.0000266. The van der Waals surface area contributed by atoms with Crippen LogP contribution >= 0.6 is 0 Å². The third-order valence-corrected chi connectivity index (χ3v) is 11.8. The second-order valence-electron chi connectivity index (χ2n) is 18.7. The lowest BCUT2D eigenvalue weighted by atomic mass is 9.95. The van der Waals surface area contributed by atoms with Gasteiger partial charge >= 0.3 is 0 Å². The van der Waals surface area contributed by atoms with Crippen LogP contribution in [0.1, 0.15) is 100 Å². The minimum absolute atomic E-state index is 0. The first-order valence-corrected chi connectivity index (χ1v) is 23.9. The number of hydrogen-bond donors (Lipinski definition) is 16. The van der Waals surface area contributed by atoms with E-state index in [0.29, 0.717) is 6.42 Å². The van der Waals surface area contributed by atoms with Gasteiger partial charge in [-0.3, -0.25) is 48.1 Å². The van der Waals surface area contributed by atoms with Gasteiger partial charge < -0.3 is 85.5 Å². The molecule has 1 fully saturated rings. The quantitative estimate of drug-likeness (QED) is 0.0473. The standard InChI is InChI=1S/C46H77N13O13.CH4/c1-9-23(6)32-43(70)57-33(24(7)61)42(69)51-19-30(63)55-34(25(8)62)44(71)54-29(20-60)40(67)58-35(26-14-11-10-12-15-26)31(47)41(68)59-36(37(64)22(4)5)45(72)53-28(18-21(2)3)39(66)52-27(38(65)56-32)16-13-17-50-46(48)49;/h10-12,14-15,21-25,27-29,31-37,60-62,64H,9,13,16-20,47H2,1-8H3,(H,51,69)(H,52,66)(H,53,72)(H,54,71)(H,55,63)(H,56,65)(H,57,70)(H,58,67)(H,59,68)(H4,48,49,50);1H4/t23-,24-,25+,27+,28-,29-,31-,32-,33-,34?,35+,36-,37+;/m0./s1. The number of benzene rings is 1. The minimum Gasteiger partial charge on any atom is -0.394 e. The Hall–Kier alpha value is -6.48. The van der Waals surface area contributed by atoms with E-state index in [1.807, 2.05) is 0 Å². The van der Waals surface area contributed by atoms with Crippen molar-refractivity contribution in [3.8, 4) is 0 Å². The second-order valence-corrected chi connectivity index (χ2v) is 18.7. The van der Waals surface area contributed by atoms with E-state index >= 15 is 0 Å². The summed E-state index contributed by atoms with van der Waals surface area (Å²) >= 11 is 0. The molecule has 412 valence electrons. The molecule has 9 amide bonds. The third kappa shape index (κ3) is 20.5. The largest absolute Gasteiger partial charge is 0.394 e. The number of amides is 9. The van der Waals surface area contributed by atoms with Gasteiger partial charge in [-0.2, -0.15) is 0 Å². The molecule has 1 aliphatic rings. The van der Waals surface area contributed by atoms with E-state index in [4.69, 9.17) is 17.2 Å². The molecule has 26 heteroatoms. The molecular formula is C47H81N13O13. The predicted octanol–water partition coefficient (Wildman–Crippen LogP) is -4.75. The Morgan fingerprint density at radius 1 is 0.630 bits per heavy atom. The van der Waals surface area contributed by atoms with Crippen molar-refractivity contribution in [2.75, 3.05) is 19.7 Å². The summed E-state index contributed by atoms with van der Waals surface area (Å²) in [6.45, 7) is 10.4. The van der Waals surface area contributed by atoms with Crippen molar-refractivity contribution in [1.29, 1.82) is 0 Å². The Labute approximate surface area is 426 Å². The summed E-state index contributed by atoms with van der Waals surface area (Å²) in [5.41, 5.74) is 17.8. The molecule has 13 atom stereocenters. The van der Waals surface area contributed by atoms with Gasteiger partial charge in [0.2, 0.25) is 53.2 Å². The lowest BCUT2D eigenvalue weighted by Gasteiger charge is -2.32. The van der Waals surface area contributed by atoms with E-state index in [1.165, 1.54) is 19.1 Å². The molecule has 1 saturated heterocycles. The van der Waals surface area contributed by atoms with Gasteiger partial charge in [-0.1, -0.05) is 85.7 Å². The molecule has 26 nitrogen and oxygen atoms in total. The van der Waals surface area contributed by atoms with Gasteiger partial charge in [0.1, 0.15) is 48.3 Å². The van der Waals surface area contributed by atoms with Crippen LogP contribution < -0.4 is 65.1 Å². The van der Waals surface area contributed by atoms with Gasteiger partial charge in [-0.25, -0.2) is 0 Å². The number of carbonyl (C=O) groups is 9. The summed E-state index contributed by atoms with van der Waals surface area (Å²) < 4.78 is 0. The number of guanidine groups is 1. The van der Waals surface area contributed by atoms with Crippen molar-refractivity contribution >= 4 is 59.1 Å². The van der Waals surface area contributed by atoms with Crippen molar-refractivity contribution in [2.45, 2.75) is 161 Å². The van der Waals surface area contributed by atoms with Gasteiger partial charge in [-0.15, -0.1) is 0 Å². The van der Waals surface area contributed by atoms with Crippen LogP contribution in [0.4, 0.5) is 0 Å². The highest BCUT2D eigenvalue weighted by atomic mass is 16.3. The Kier molecular flexibility index (Phi) is 27.6. The SMILES string of the molecule is C.CC[C@H](C)[C@@H]1NC(=O)[C@@H](CCCN=C(N)N)NC(=O)[C@H](CC(C)C)NC(=O)[C@H]([C@H](O)C(C)C)NC(=O)[C@@H](N)[C@@H](c2ccccc2)NC(=O)[C@H](CO)NC(=O)C([C@@H](C)O)NC(=O)CNC(=O)[C@H]([C@H](C)O)NC1=O. The van der Waals surface area contributed by atoms with Gasteiger partial charge in [0.15, 0.2) is 5.96 Å². The summed E-state index contributed by atoms with van der Waals surface area (Å²) in [5.74, 6) is -11.0. The average molecular weight is 1040 g/mol. The maximum atomic E-state index is 14.3. The number of aliphatic hydroxyl groups is 4. The van der Waals surface area contributed by atoms with E-state index in [1.54, 1.807) is 59.7 Å². The molecule has 73 heavy (non-hydrogen) atoms. The molecule has 2 rings (SSSR count). The molecule has 0 radical (unpaired) electrons. The summed E-state index contributed by atoms with van der Waals surface area (Å²) in [5, 5.41) is 64.7. The first kappa shape index (κ1) is 64.5. The number of rotatable bonds is 14. The maximum absolute atomic E-state index is 14.3. The number of aliphatic imine (C=N–C) groups is 1. The zero-order valence-corrected chi connectivity index (χ0v) is 42.1. The van der Waals surface area contributed by atoms with Crippen LogP contribution in [0.15, 0.2) is 35.3 Å². The number of carbonyl (C=O) groups excluding carboxylic acids is 9. The van der Waals surface area contributed by atoms with E-state index < -0.39 is 151 Å². The zero-order valence-electron chi connectivity index (χ0n) is 42.1. The summed E-state index contributed by atoms with van der Waals surface area (Å²) in [4.78, 5) is 129. The van der Waals surface area contributed by atoms with Crippen LogP contribution in [0.2, 0.25) is 0 Å². The Bertz CT molecular complexity index is 2040. The first-order chi connectivity index (χ1) is 33.7.